The highest BCUT2D eigenvalue weighted by Gasteiger charge is 2.39. The fourth-order valence-corrected chi connectivity index (χ4v) is 15.9. The maximum atomic E-state index is 13.2. The van der Waals surface area contributed by atoms with Crippen molar-refractivity contribution in [3.05, 3.63) is 103 Å². The van der Waals surface area contributed by atoms with Gasteiger partial charge in [0.25, 0.3) is 0 Å². The zero-order valence-electron chi connectivity index (χ0n) is 63.2. The van der Waals surface area contributed by atoms with Crippen molar-refractivity contribution in [1.82, 2.24) is 93.1 Å². The van der Waals surface area contributed by atoms with Crippen LogP contribution in [0.25, 0.3) is 49.9 Å². The van der Waals surface area contributed by atoms with Crippen molar-refractivity contribution >= 4 is 40.3 Å². The molecule has 4 saturated carbocycles. The molecule has 6 N–H and O–H groups in total. The number of hydrogen-bond donors (Lipinski definition) is 6. The predicted molar refractivity (Wildman–Crippen MR) is 401 cm³/mol. The van der Waals surface area contributed by atoms with Crippen LogP contribution in [0.5, 0.6) is 0 Å². The molecule has 0 bridgehead atoms. The third kappa shape index (κ3) is 17.7. The van der Waals surface area contributed by atoms with E-state index in [1.54, 1.807) is 32.9 Å². The van der Waals surface area contributed by atoms with Gasteiger partial charge in [0, 0.05) is 171 Å². The minimum absolute atomic E-state index is 0.0644. The lowest BCUT2D eigenvalue weighted by molar-refractivity contribution is -0.144. The molecule has 32 heteroatoms. The van der Waals surface area contributed by atoms with Gasteiger partial charge in [-0.15, -0.1) is 15.3 Å². The molecule has 0 aromatic carbocycles. The number of aliphatic hydroxyl groups excluding tert-OH is 3. The molecule has 10 aromatic rings. The number of ether oxygens (including phenoxy) is 3. The van der Waals surface area contributed by atoms with Crippen molar-refractivity contribution in [3.63, 3.8) is 0 Å². The molecule has 0 unspecified atom stereocenters. The Morgan fingerprint density at radius 2 is 0.963 bits per heavy atom. The molecule has 108 heavy (non-hydrogen) atoms. The summed E-state index contributed by atoms with van der Waals surface area (Å²) >= 11 is 0. The van der Waals surface area contributed by atoms with Crippen LogP contribution in [0.4, 0.5) is 26.6 Å². The molecule has 3 atom stereocenters. The van der Waals surface area contributed by atoms with Gasteiger partial charge in [-0.1, -0.05) is 11.6 Å². The summed E-state index contributed by atoms with van der Waals surface area (Å²) in [7, 11) is 5.03. The van der Waals surface area contributed by atoms with Crippen molar-refractivity contribution < 1.29 is 47.6 Å². The van der Waals surface area contributed by atoms with Crippen molar-refractivity contribution in [2.75, 3.05) is 89.8 Å². The van der Waals surface area contributed by atoms with E-state index in [-0.39, 0.29) is 60.9 Å². The molecule has 6 aliphatic rings. The van der Waals surface area contributed by atoms with Crippen LogP contribution in [0.2, 0.25) is 0 Å². The number of rotatable bonds is 26. The molecule has 2 aliphatic heterocycles. The highest BCUT2D eigenvalue weighted by molar-refractivity contribution is 5.83. The van der Waals surface area contributed by atoms with Crippen LogP contribution in [0, 0.1) is 12.8 Å². The van der Waals surface area contributed by atoms with Gasteiger partial charge in [-0.25, -0.2) is 37.3 Å². The number of nitrogens with one attached hydrogen (secondary N) is 3. The van der Waals surface area contributed by atoms with Crippen LogP contribution in [-0.4, -0.2) is 231 Å². The highest BCUT2D eigenvalue weighted by atomic mass is 19.3. The minimum Gasteiger partial charge on any atom is -0.393 e. The van der Waals surface area contributed by atoms with Gasteiger partial charge >= 0.3 is 0 Å². The number of likely N-dealkylation sites (tertiary alicyclic amines) is 2. The number of alkyl halides is 2. The number of hydrogen-bond acceptors (Lipinski definition) is 23. The van der Waals surface area contributed by atoms with E-state index in [1.807, 2.05) is 103 Å². The number of methoxy groups -OCH3 is 3. The van der Waals surface area contributed by atoms with Gasteiger partial charge in [0.1, 0.15) is 6.54 Å². The van der Waals surface area contributed by atoms with E-state index in [0.717, 1.165) is 190 Å². The summed E-state index contributed by atoms with van der Waals surface area (Å²) in [6, 6.07) is 7.24. The number of carbonyl (C=O) groups excluding carboxylic acids is 1. The quantitative estimate of drug-likeness (QED) is 0.0293. The van der Waals surface area contributed by atoms with Gasteiger partial charge in [0.2, 0.25) is 35.6 Å². The van der Waals surface area contributed by atoms with Crippen molar-refractivity contribution in [2.45, 2.75) is 216 Å². The first kappa shape index (κ1) is 75.9. The lowest BCUT2D eigenvalue weighted by Crippen LogP contribution is -2.53. The second kappa shape index (κ2) is 33.5. The summed E-state index contributed by atoms with van der Waals surface area (Å²) in [5.74, 6) is 1.66. The minimum atomic E-state index is -2.63. The molecule has 4 aliphatic carbocycles. The number of halogens is 2. The van der Waals surface area contributed by atoms with Gasteiger partial charge in [0.05, 0.1) is 104 Å². The Hall–Kier alpha value is -8.92. The number of nitrogens with zero attached hydrogens (tertiary/aromatic N) is 19. The number of fused-ring (bicyclic) bond motifs is 3. The molecule has 0 radical (unpaired) electrons. The molecule has 12 heterocycles. The van der Waals surface area contributed by atoms with Crippen LogP contribution >= 0.6 is 0 Å². The van der Waals surface area contributed by atoms with E-state index in [4.69, 9.17) is 34.0 Å². The predicted octanol–water partition coefficient (Wildman–Crippen LogP) is 10.00. The Balaban J connectivity index is 0.000000136. The molecule has 6 fully saturated rings. The largest absolute Gasteiger partial charge is 0.393 e. The first-order valence-corrected chi connectivity index (χ1v) is 38.5. The summed E-state index contributed by atoms with van der Waals surface area (Å²) < 4.78 is 59.0. The van der Waals surface area contributed by atoms with Gasteiger partial charge < -0.3 is 54.9 Å². The van der Waals surface area contributed by atoms with E-state index < -0.39 is 5.92 Å². The number of amides is 1. The van der Waals surface area contributed by atoms with Crippen LogP contribution in [-0.2, 0) is 25.5 Å². The summed E-state index contributed by atoms with van der Waals surface area (Å²) in [6.45, 7) is 14.2. The van der Waals surface area contributed by atoms with E-state index in [2.05, 4.69) is 80.7 Å². The molecule has 0 spiro atoms. The number of anilines is 3. The van der Waals surface area contributed by atoms with Gasteiger partial charge in [-0.05, 0) is 143 Å². The Kier molecular flexibility index (Phi) is 23.5. The molecule has 2 saturated heterocycles. The van der Waals surface area contributed by atoms with Crippen LogP contribution in [0.1, 0.15) is 189 Å². The lowest BCUT2D eigenvalue weighted by atomic mass is 9.83. The van der Waals surface area contributed by atoms with Gasteiger partial charge in [-0.3, -0.25) is 23.7 Å². The smallest absolute Gasteiger partial charge is 0.248 e. The fraction of sp³-hybridized carbons (Fsp3) is 0.605. The van der Waals surface area contributed by atoms with Crippen LogP contribution in [0.15, 0.2) is 78.5 Å². The Morgan fingerprint density at radius 3 is 1.33 bits per heavy atom. The average molecular weight is 1490 g/mol. The standard InChI is InChI=1S/C27H37N7O3.C26H37F2N7O2.C23H30N8O3/c1-17(16-37-2)30-27-28-12-25-23(10-24(34(25)31-27)18-6-8-22(35)9-7-18)20-11-29-33(13-20)21-14-32(15-21)26(36)19-4-3-5-19;1-17(16-37-3)31-25-29-12-24-22(10-23(35(24)32-25)18-4-6-21(36)7-5-18)19-11-30-34(13-19)20-14-33(15-20)9-8-26(2,27)28;1-14(13-33-3)26-23-24-10-21-19(8-20(31(21)28-23)16-4-6-18(32)7-5-16)17-9-25-30(11-17)12-22-27-15(2)29-34-22/h10-13,17-19,21-22,35H,3-9,14-16H2,1-2H3,(H,30,31);10-13,17-18,20-21,36H,4-9,14-16H2,1-3H3,(H,31,32);8-11,14,16,18,32H,4-7,12-13H2,1-3H3,(H,26,28)/t17-,18?,22?;17-,18?,21?;14-,16?,18?/m000/s1. The van der Waals surface area contributed by atoms with Crippen LogP contribution < -0.4 is 16.0 Å². The lowest BCUT2D eigenvalue weighted by Gasteiger charge is -2.42. The second-order valence-electron chi connectivity index (χ2n) is 30.9. The fourth-order valence-electron chi connectivity index (χ4n) is 15.9. The Labute approximate surface area is 626 Å². The number of aryl methyl sites for hydroxylation is 1. The second-order valence-corrected chi connectivity index (χ2v) is 30.9. The van der Waals surface area contributed by atoms with Crippen LogP contribution in [0.3, 0.4) is 0 Å². The zero-order valence-corrected chi connectivity index (χ0v) is 63.2. The molecule has 580 valence electrons. The normalized spacial score (nSPS) is 21.9. The summed E-state index contributed by atoms with van der Waals surface area (Å²) in [5.41, 5.74) is 12.2. The third-order valence-corrected chi connectivity index (χ3v) is 22.2. The molecular weight excluding hydrogens is 1390 g/mol. The monoisotopic (exact) mass is 1490 g/mol. The maximum Gasteiger partial charge on any atom is 0.248 e. The summed E-state index contributed by atoms with van der Waals surface area (Å²) in [5, 5.41) is 72.2. The number of aliphatic hydroxyl groups is 3. The first-order valence-electron chi connectivity index (χ1n) is 38.5. The zero-order chi connectivity index (χ0) is 75.3. The number of aromatic nitrogens is 17. The van der Waals surface area contributed by atoms with E-state index in [0.29, 0.717) is 86.1 Å². The van der Waals surface area contributed by atoms with Crippen molar-refractivity contribution in [2.24, 2.45) is 5.92 Å². The highest BCUT2D eigenvalue weighted by Crippen LogP contribution is 2.42. The maximum absolute atomic E-state index is 13.2. The molecule has 10 aromatic heterocycles. The third-order valence-electron chi connectivity index (χ3n) is 22.2. The SMILES string of the molecule is COC[C@H](C)Nc1ncc2c(-c3cnn(C4CN(C(=O)C5CCC5)C4)c3)cc(C3CCC(O)CC3)n2n1.COC[C@H](C)Nc1ncc2c(-c3cnn(C4CN(CCC(C)(F)F)C4)c3)cc(C3CCC(O)CC3)n2n1.COC[C@H](C)Nc1ncc2c(-c3cnn(Cc4nc(C)no4)c3)cc(C3CCC(O)CC3)n2n1. The van der Waals surface area contributed by atoms with Gasteiger partial charge in [0.15, 0.2) is 5.82 Å². The van der Waals surface area contributed by atoms with E-state index in [9.17, 15) is 28.9 Å². The molecule has 30 nitrogen and oxygen atoms in total. The Morgan fingerprint density at radius 1 is 0.565 bits per heavy atom. The van der Waals surface area contributed by atoms with Crippen molar-refractivity contribution in [3.8, 4) is 33.4 Å². The topological polar surface area (TPSA) is 331 Å². The first-order chi connectivity index (χ1) is 52.2. The van der Waals surface area contributed by atoms with Crippen molar-refractivity contribution in [1.29, 1.82) is 0 Å². The molecular formula is C76H104F2N22O8. The number of carbonyl (C=O) groups is 1. The summed E-state index contributed by atoms with van der Waals surface area (Å²) in [4.78, 5) is 34.5. The molecule has 16 rings (SSSR count). The van der Waals surface area contributed by atoms with E-state index in [1.165, 1.54) is 6.42 Å². The van der Waals surface area contributed by atoms with Gasteiger partial charge in [-0.2, -0.15) is 20.3 Å². The molecule has 1 amide bonds. The Bertz CT molecular complexity index is 4610. The van der Waals surface area contributed by atoms with E-state index >= 15 is 0 Å². The average Bonchev–Trinajstić information content (AvgIpc) is 1.62. The summed E-state index contributed by atoms with van der Waals surface area (Å²) in [6.07, 6.45) is 30.1.